The van der Waals surface area contributed by atoms with E-state index >= 15 is 0 Å². The smallest absolute Gasteiger partial charge is 0.290 e. The highest BCUT2D eigenvalue weighted by Crippen LogP contribution is 2.04. The topological polar surface area (TPSA) is 81.2 Å². The lowest BCUT2D eigenvalue weighted by atomic mass is 10.3. The fourth-order valence-corrected chi connectivity index (χ4v) is 0.894. The van der Waals surface area contributed by atoms with Crippen molar-refractivity contribution in [2.24, 2.45) is 5.73 Å². The summed E-state index contributed by atoms with van der Waals surface area (Å²) in [5.41, 5.74) is 6.02. The number of hydrogen-bond donors (Lipinski definition) is 2. The van der Waals surface area contributed by atoms with Crippen molar-refractivity contribution in [1.29, 1.82) is 0 Å². The highest BCUT2D eigenvalue weighted by Gasteiger charge is 2.12. The predicted octanol–water partition coefficient (Wildman–Crippen LogP) is 0.0616. The molecule has 0 unspecified atom stereocenters. The molecular weight excluding hydrogens is 170 g/mol. The molecule has 5 heteroatoms. The van der Waals surface area contributed by atoms with E-state index in [0.29, 0.717) is 13.1 Å². The number of hydrogen-bond acceptors (Lipinski definition) is 4. The Hall–Kier alpha value is -1.36. The molecular formula is C8H13N3O2. The molecule has 0 aromatic carbocycles. The number of amides is 1. The highest BCUT2D eigenvalue weighted by molar-refractivity contribution is 5.92. The van der Waals surface area contributed by atoms with Crippen molar-refractivity contribution in [1.82, 2.24) is 10.5 Å². The van der Waals surface area contributed by atoms with Gasteiger partial charge in [0.2, 0.25) is 5.76 Å². The van der Waals surface area contributed by atoms with Crippen LogP contribution in [0.2, 0.25) is 0 Å². The van der Waals surface area contributed by atoms with Crippen LogP contribution in [0, 0.1) is 6.92 Å². The van der Waals surface area contributed by atoms with E-state index in [-0.39, 0.29) is 11.7 Å². The van der Waals surface area contributed by atoms with Crippen molar-refractivity contribution in [3.63, 3.8) is 0 Å². The van der Waals surface area contributed by atoms with Crippen molar-refractivity contribution in [3.8, 4) is 0 Å². The summed E-state index contributed by atoms with van der Waals surface area (Å²) in [5, 5.41) is 6.18. The van der Waals surface area contributed by atoms with Crippen LogP contribution in [0.5, 0.6) is 0 Å². The molecule has 1 rings (SSSR count). The molecule has 0 saturated carbocycles. The summed E-state index contributed by atoms with van der Waals surface area (Å²) in [6, 6.07) is 0. The monoisotopic (exact) mass is 183 g/mol. The maximum atomic E-state index is 11.3. The summed E-state index contributed by atoms with van der Waals surface area (Å²) in [6.07, 6.45) is 2.27. The summed E-state index contributed by atoms with van der Waals surface area (Å²) in [4.78, 5) is 11.3. The third-order valence-electron chi connectivity index (χ3n) is 1.62. The van der Waals surface area contributed by atoms with Crippen molar-refractivity contribution < 1.29 is 9.32 Å². The van der Waals surface area contributed by atoms with Gasteiger partial charge in [0, 0.05) is 12.1 Å². The number of rotatable bonds is 4. The number of nitrogens with zero attached hydrogens (tertiary/aromatic N) is 1. The average molecular weight is 183 g/mol. The van der Waals surface area contributed by atoms with Crippen LogP contribution in [-0.2, 0) is 0 Å². The Labute approximate surface area is 76.3 Å². The molecule has 0 aliphatic rings. The molecule has 1 aromatic rings. The first kappa shape index (κ1) is 9.73. The second-order valence-electron chi connectivity index (χ2n) is 2.74. The Morgan fingerprint density at radius 1 is 1.77 bits per heavy atom. The molecule has 0 atom stereocenters. The molecule has 0 aliphatic carbocycles. The van der Waals surface area contributed by atoms with Crippen LogP contribution in [0.15, 0.2) is 10.7 Å². The van der Waals surface area contributed by atoms with Crippen LogP contribution >= 0.6 is 0 Å². The van der Waals surface area contributed by atoms with Gasteiger partial charge in [0.15, 0.2) is 0 Å². The van der Waals surface area contributed by atoms with Gasteiger partial charge in [-0.1, -0.05) is 5.16 Å². The zero-order valence-electron chi connectivity index (χ0n) is 7.54. The van der Waals surface area contributed by atoms with E-state index in [1.807, 2.05) is 0 Å². The molecule has 0 fully saturated rings. The number of carbonyl (C=O) groups excluding carboxylic acids is 1. The van der Waals surface area contributed by atoms with Gasteiger partial charge in [0.1, 0.15) is 0 Å². The lowest BCUT2D eigenvalue weighted by Gasteiger charge is -2.00. The van der Waals surface area contributed by atoms with Gasteiger partial charge in [-0.05, 0) is 19.9 Å². The van der Waals surface area contributed by atoms with Crippen LogP contribution in [0.3, 0.4) is 0 Å². The molecule has 0 spiro atoms. The normalized spacial score (nSPS) is 10.0. The van der Waals surface area contributed by atoms with Gasteiger partial charge in [-0.15, -0.1) is 0 Å². The molecule has 0 saturated heterocycles. The maximum Gasteiger partial charge on any atom is 0.290 e. The number of carbonyl (C=O) groups is 1. The SMILES string of the molecule is Cc1cnoc1C(=O)NCCCN. The quantitative estimate of drug-likeness (QED) is 0.647. The maximum absolute atomic E-state index is 11.3. The second kappa shape index (κ2) is 4.61. The zero-order valence-corrected chi connectivity index (χ0v) is 7.54. The van der Waals surface area contributed by atoms with Crippen LogP contribution in [0.4, 0.5) is 0 Å². The van der Waals surface area contributed by atoms with Gasteiger partial charge in [-0.3, -0.25) is 4.79 Å². The zero-order chi connectivity index (χ0) is 9.68. The average Bonchev–Trinajstić information content (AvgIpc) is 2.52. The molecule has 0 bridgehead atoms. The van der Waals surface area contributed by atoms with E-state index in [2.05, 4.69) is 10.5 Å². The summed E-state index contributed by atoms with van der Waals surface area (Å²) in [6.45, 7) is 2.90. The Balaban J connectivity index is 2.45. The number of aryl methyl sites for hydroxylation is 1. The van der Waals surface area contributed by atoms with Crippen LogP contribution in [0.1, 0.15) is 22.5 Å². The molecule has 72 valence electrons. The first-order valence-electron chi connectivity index (χ1n) is 4.15. The van der Waals surface area contributed by atoms with Crippen molar-refractivity contribution in [3.05, 3.63) is 17.5 Å². The van der Waals surface area contributed by atoms with E-state index in [4.69, 9.17) is 10.3 Å². The molecule has 0 radical (unpaired) electrons. The molecule has 3 N–H and O–H groups in total. The van der Waals surface area contributed by atoms with E-state index in [0.717, 1.165) is 12.0 Å². The fourth-order valence-electron chi connectivity index (χ4n) is 0.894. The lowest BCUT2D eigenvalue weighted by Crippen LogP contribution is -2.26. The van der Waals surface area contributed by atoms with Crippen LogP contribution < -0.4 is 11.1 Å². The molecule has 0 aliphatic heterocycles. The first-order chi connectivity index (χ1) is 6.25. The minimum Gasteiger partial charge on any atom is -0.351 e. The van der Waals surface area contributed by atoms with Gasteiger partial charge < -0.3 is 15.6 Å². The molecule has 1 aromatic heterocycles. The van der Waals surface area contributed by atoms with E-state index in [1.54, 1.807) is 6.92 Å². The van der Waals surface area contributed by atoms with Crippen LogP contribution in [0.25, 0.3) is 0 Å². The number of nitrogens with two attached hydrogens (primary N) is 1. The summed E-state index contributed by atoms with van der Waals surface area (Å²) in [7, 11) is 0. The predicted molar refractivity (Wildman–Crippen MR) is 47.2 cm³/mol. The largest absolute Gasteiger partial charge is 0.351 e. The lowest BCUT2D eigenvalue weighted by molar-refractivity contribution is 0.0915. The minimum atomic E-state index is -0.233. The standard InChI is InChI=1S/C8H13N3O2/c1-6-5-11-13-7(6)8(12)10-4-2-3-9/h5H,2-4,9H2,1H3,(H,10,12). The van der Waals surface area contributed by atoms with Gasteiger partial charge in [-0.2, -0.15) is 0 Å². The van der Waals surface area contributed by atoms with Gasteiger partial charge in [0.25, 0.3) is 5.91 Å². The second-order valence-corrected chi connectivity index (χ2v) is 2.74. The Morgan fingerprint density at radius 3 is 3.08 bits per heavy atom. The number of nitrogens with one attached hydrogen (secondary N) is 1. The Bertz CT molecular complexity index is 283. The first-order valence-corrected chi connectivity index (χ1v) is 4.15. The molecule has 13 heavy (non-hydrogen) atoms. The molecule has 5 nitrogen and oxygen atoms in total. The van der Waals surface area contributed by atoms with Gasteiger partial charge in [-0.25, -0.2) is 0 Å². The summed E-state index contributed by atoms with van der Waals surface area (Å²) < 4.78 is 4.76. The molecule has 1 heterocycles. The third kappa shape index (κ3) is 2.55. The third-order valence-corrected chi connectivity index (χ3v) is 1.62. The number of aromatic nitrogens is 1. The fraction of sp³-hybridized carbons (Fsp3) is 0.500. The van der Waals surface area contributed by atoms with E-state index in [9.17, 15) is 4.79 Å². The van der Waals surface area contributed by atoms with Crippen molar-refractivity contribution in [2.75, 3.05) is 13.1 Å². The van der Waals surface area contributed by atoms with E-state index < -0.39 is 0 Å². The van der Waals surface area contributed by atoms with Crippen molar-refractivity contribution >= 4 is 5.91 Å². The van der Waals surface area contributed by atoms with E-state index in [1.165, 1.54) is 6.20 Å². The van der Waals surface area contributed by atoms with Crippen LogP contribution in [-0.4, -0.2) is 24.2 Å². The minimum absolute atomic E-state index is 0.233. The molecule has 1 amide bonds. The summed E-state index contributed by atoms with van der Waals surface area (Å²) >= 11 is 0. The Kier molecular flexibility index (Phi) is 3.45. The van der Waals surface area contributed by atoms with Crippen molar-refractivity contribution in [2.45, 2.75) is 13.3 Å². The van der Waals surface area contributed by atoms with Gasteiger partial charge in [0.05, 0.1) is 6.20 Å². The summed E-state index contributed by atoms with van der Waals surface area (Å²) in [5.74, 6) is 0.0421. The highest BCUT2D eigenvalue weighted by atomic mass is 16.5. The van der Waals surface area contributed by atoms with Gasteiger partial charge >= 0.3 is 0 Å². The Morgan fingerprint density at radius 2 is 2.54 bits per heavy atom.